The van der Waals surface area contributed by atoms with Gasteiger partial charge in [-0.05, 0) is 6.42 Å². The average molecular weight is 397 g/mol. The molecule has 0 aliphatic rings. The van der Waals surface area contributed by atoms with E-state index in [4.69, 9.17) is 20.0 Å². The van der Waals surface area contributed by atoms with Gasteiger partial charge in [-0.2, -0.15) is 0 Å². The number of hydrogen-bond acceptors (Lipinski definition) is 4. The molecule has 8 nitrogen and oxygen atoms in total. The molecular weight excluding hydrogens is 361 g/mol. The molecular formula is C17H36NO7P. The van der Waals surface area contributed by atoms with Crippen molar-refractivity contribution in [3.8, 4) is 0 Å². The Bertz CT molecular complexity index is 412. The van der Waals surface area contributed by atoms with E-state index in [1.165, 1.54) is 57.8 Å². The molecule has 1 atom stereocenters. The number of rotatable bonds is 15. The summed E-state index contributed by atoms with van der Waals surface area (Å²) >= 11 is 0. The smallest absolute Gasteiger partial charge is 0.328 e. The Morgan fingerprint density at radius 1 is 0.885 bits per heavy atom. The van der Waals surface area contributed by atoms with Crippen LogP contribution >= 0.6 is 7.60 Å². The minimum atomic E-state index is -4.33. The second-order valence-corrected chi connectivity index (χ2v) is 8.14. The molecule has 1 amide bonds. The van der Waals surface area contributed by atoms with Gasteiger partial charge in [0.2, 0.25) is 5.91 Å². The van der Waals surface area contributed by atoms with Crippen molar-refractivity contribution < 1.29 is 34.2 Å². The molecule has 0 aliphatic heterocycles. The molecule has 0 bridgehead atoms. The molecule has 0 fully saturated rings. The number of aliphatic hydroxyl groups excluding tert-OH is 1. The van der Waals surface area contributed by atoms with Crippen LogP contribution in [0.1, 0.15) is 84.0 Å². The van der Waals surface area contributed by atoms with Crippen LogP contribution in [0.15, 0.2) is 0 Å². The predicted molar refractivity (Wildman–Crippen MR) is 101 cm³/mol. The van der Waals surface area contributed by atoms with E-state index < -0.39 is 31.7 Å². The van der Waals surface area contributed by atoms with Crippen LogP contribution in [-0.4, -0.2) is 44.1 Å². The van der Waals surface area contributed by atoms with E-state index in [-0.39, 0.29) is 0 Å². The molecule has 0 radical (unpaired) electrons. The van der Waals surface area contributed by atoms with Crippen molar-refractivity contribution in [3.63, 3.8) is 0 Å². The Balaban J connectivity index is 0. The zero-order valence-electron chi connectivity index (χ0n) is 15.8. The number of amides is 1. The molecule has 0 aromatic carbocycles. The molecule has 0 aliphatic carbocycles. The van der Waals surface area contributed by atoms with Crippen LogP contribution in [0.5, 0.6) is 0 Å². The first-order valence-electron chi connectivity index (χ1n) is 9.34. The zero-order valence-corrected chi connectivity index (χ0v) is 16.7. The van der Waals surface area contributed by atoms with Gasteiger partial charge in [0, 0.05) is 6.42 Å². The Kier molecular flexibility index (Phi) is 18.3. The zero-order chi connectivity index (χ0) is 20.4. The minimum absolute atomic E-state index is 0.344. The molecule has 9 heteroatoms. The first-order valence-corrected chi connectivity index (χ1v) is 11.1. The second-order valence-electron chi connectivity index (χ2n) is 6.44. The summed E-state index contributed by atoms with van der Waals surface area (Å²) in [6, 6.07) is 0. The van der Waals surface area contributed by atoms with Crippen LogP contribution < -0.4 is 5.73 Å². The van der Waals surface area contributed by atoms with Crippen LogP contribution in [0.3, 0.4) is 0 Å². The maximum Gasteiger partial charge on any atom is 0.328 e. The fourth-order valence-corrected chi connectivity index (χ4v) is 2.89. The normalized spacial score (nSPS) is 12.2. The van der Waals surface area contributed by atoms with Crippen LogP contribution in [-0.2, 0) is 14.2 Å². The molecule has 0 saturated heterocycles. The van der Waals surface area contributed by atoms with E-state index in [1.54, 1.807) is 0 Å². The summed E-state index contributed by atoms with van der Waals surface area (Å²) in [6.45, 7) is 2.25. The number of carboxylic acids is 1. The molecule has 156 valence electrons. The lowest BCUT2D eigenvalue weighted by atomic mass is 10.1. The number of carbonyl (C=O) groups is 2. The molecule has 0 aromatic rings. The summed E-state index contributed by atoms with van der Waals surface area (Å²) < 4.78 is 10.1. The van der Waals surface area contributed by atoms with Crippen LogP contribution in [0.2, 0.25) is 0 Å². The van der Waals surface area contributed by atoms with Crippen molar-refractivity contribution in [2.24, 2.45) is 5.73 Å². The number of hydrogen-bond donors (Lipinski definition) is 5. The van der Waals surface area contributed by atoms with Crippen LogP contribution in [0.25, 0.3) is 0 Å². The summed E-state index contributed by atoms with van der Waals surface area (Å²) in [6.07, 6.45) is 11.7. The third-order valence-electron chi connectivity index (χ3n) is 3.73. The minimum Gasteiger partial charge on any atom is -0.481 e. The van der Waals surface area contributed by atoms with E-state index in [1.807, 2.05) is 0 Å². The molecule has 0 aromatic heterocycles. The summed E-state index contributed by atoms with van der Waals surface area (Å²) in [5.41, 5.74) is 4.51. The number of carbonyl (C=O) groups excluding carboxylic acids is 1. The Hall–Kier alpha value is -0.950. The fraction of sp³-hybridized carbons (Fsp3) is 0.882. The quantitative estimate of drug-likeness (QED) is 0.210. The molecule has 6 N–H and O–H groups in total. The van der Waals surface area contributed by atoms with E-state index in [2.05, 4.69) is 12.7 Å². The van der Waals surface area contributed by atoms with Gasteiger partial charge in [-0.25, -0.2) is 0 Å². The van der Waals surface area contributed by atoms with Crippen molar-refractivity contribution in [2.75, 3.05) is 6.16 Å². The van der Waals surface area contributed by atoms with Gasteiger partial charge >= 0.3 is 13.6 Å². The lowest BCUT2D eigenvalue weighted by Crippen LogP contribution is -2.31. The largest absolute Gasteiger partial charge is 0.481 e. The monoisotopic (exact) mass is 397 g/mol. The van der Waals surface area contributed by atoms with Crippen molar-refractivity contribution in [1.82, 2.24) is 0 Å². The van der Waals surface area contributed by atoms with Gasteiger partial charge in [0.25, 0.3) is 0 Å². The van der Waals surface area contributed by atoms with Gasteiger partial charge < -0.3 is 25.7 Å². The van der Waals surface area contributed by atoms with Crippen molar-refractivity contribution in [2.45, 2.75) is 90.1 Å². The number of nitrogens with two attached hydrogens (primary N) is 1. The van der Waals surface area contributed by atoms with Gasteiger partial charge in [-0.1, -0.05) is 71.1 Å². The molecule has 26 heavy (non-hydrogen) atoms. The van der Waals surface area contributed by atoms with E-state index in [9.17, 15) is 14.2 Å². The van der Waals surface area contributed by atoms with Crippen LogP contribution in [0.4, 0.5) is 0 Å². The van der Waals surface area contributed by atoms with Crippen molar-refractivity contribution in [1.29, 1.82) is 0 Å². The maximum atomic E-state index is 10.3. The number of unbranched alkanes of at least 4 members (excludes halogenated alkanes) is 10. The SMILES string of the molecule is CCCCCCCCCCCCCC(=O)O.NC(=O)C(O)CP(=O)(O)O. The van der Waals surface area contributed by atoms with Gasteiger partial charge in [0.05, 0.1) is 6.16 Å². The number of primary amides is 1. The molecule has 0 rings (SSSR count). The highest BCUT2D eigenvalue weighted by molar-refractivity contribution is 7.51. The Labute approximate surface area is 156 Å². The topological polar surface area (TPSA) is 158 Å². The van der Waals surface area contributed by atoms with Gasteiger partial charge in [-0.15, -0.1) is 0 Å². The first kappa shape index (κ1) is 27.3. The van der Waals surface area contributed by atoms with Crippen LogP contribution in [0, 0.1) is 0 Å². The highest BCUT2D eigenvalue weighted by Gasteiger charge is 2.23. The Morgan fingerprint density at radius 2 is 1.27 bits per heavy atom. The summed E-state index contributed by atoms with van der Waals surface area (Å²) in [5, 5.41) is 17.0. The lowest BCUT2D eigenvalue weighted by molar-refractivity contribution is -0.137. The number of aliphatic carboxylic acids is 1. The van der Waals surface area contributed by atoms with Gasteiger partial charge in [0.1, 0.15) is 6.10 Å². The van der Waals surface area contributed by atoms with Crippen molar-refractivity contribution >= 4 is 19.5 Å². The highest BCUT2D eigenvalue weighted by Crippen LogP contribution is 2.34. The lowest BCUT2D eigenvalue weighted by Gasteiger charge is -2.06. The fourth-order valence-electron chi connectivity index (χ4n) is 2.26. The Morgan fingerprint density at radius 3 is 1.54 bits per heavy atom. The number of aliphatic hydroxyl groups is 1. The van der Waals surface area contributed by atoms with E-state index in [0.717, 1.165) is 12.8 Å². The summed E-state index contributed by atoms with van der Waals surface area (Å²) in [7, 11) is -4.33. The third-order valence-corrected chi connectivity index (χ3v) is 4.55. The average Bonchev–Trinajstić information content (AvgIpc) is 2.51. The van der Waals surface area contributed by atoms with Gasteiger partial charge in [0.15, 0.2) is 0 Å². The van der Waals surface area contributed by atoms with Gasteiger partial charge in [-0.3, -0.25) is 14.2 Å². The van der Waals surface area contributed by atoms with E-state index >= 15 is 0 Å². The number of carboxylic acid groups (broad SMARTS) is 1. The first-order chi connectivity index (χ1) is 12.1. The third kappa shape index (κ3) is 25.3. The second kappa shape index (κ2) is 17.5. The molecule has 0 heterocycles. The van der Waals surface area contributed by atoms with E-state index in [0.29, 0.717) is 6.42 Å². The highest BCUT2D eigenvalue weighted by atomic mass is 31.2. The standard InChI is InChI=1S/C14H28O2.C3H8NO5P/c1-2-3-4-5-6-7-8-9-10-11-12-13-14(15)16;4-3(6)2(5)1-10(7,8)9/h2-13H2,1H3,(H,15,16);2,5H,1H2,(H2,4,6)(H2,7,8,9). The molecule has 0 saturated carbocycles. The predicted octanol–water partition coefficient (Wildman–Crippen LogP) is 2.78. The molecule has 0 spiro atoms. The summed E-state index contributed by atoms with van der Waals surface area (Å²) in [4.78, 5) is 36.6. The van der Waals surface area contributed by atoms with Crippen molar-refractivity contribution in [3.05, 3.63) is 0 Å². The summed E-state index contributed by atoms with van der Waals surface area (Å²) in [5.74, 6) is -1.79. The molecule has 1 unspecified atom stereocenters. The maximum absolute atomic E-state index is 10.3.